The highest BCUT2D eigenvalue weighted by atomic mass is 32.2. The molecule has 4 unspecified atom stereocenters. The molecular formula is C36H53N5O9S2. The van der Waals surface area contributed by atoms with Gasteiger partial charge in [-0.15, -0.1) is 23.5 Å². The summed E-state index contributed by atoms with van der Waals surface area (Å²) < 4.78 is 4.85. The van der Waals surface area contributed by atoms with Crippen LogP contribution >= 0.6 is 23.5 Å². The third-order valence-electron chi connectivity index (χ3n) is 8.62. The van der Waals surface area contributed by atoms with Crippen molar-refractivity contribution >= 4 is 65.0 Å². The van der Waals surface area contributed by atoms with Crippen molar-refractivity contribution < 1.29 is 43.4 Å². The molecule has 0 bridgehead atoms. The van der Waals surface area contributed by atoms with E-state index in [4.69, 9.17) is 4.74 Å². The maximum Gasteiger partial charge on any atom is 0.407 e. The predicted octanol–water partition coefficient (Wildman–Crippen LogP) is 3.25. The maximum atomic E-state index is 14.3. The molecule has 16 heteroatoms. The number of carboxylic acid groups (broad SMARTS) is 1. The summed E-state index contributed by atoms with van der Waals surface area (Å²) in [5, 5.41) is 19.7. The summed E-state index contributed by atoms with van der Waals surface area (Å²) >= 11 is 3.38. The normalized spacial score (nSPS) is 18.5. The van der Waals surface area contributed by atoms with Gasteiger partial charge in [-0.2, -0.15) is 0 Å². The molecule has 2 fully saturated rings. The highest BCUT2D eigenvalue weighted by molar-refractivity contribution is 8.18. The van der Waals surface area contributed by atoms with E-state index in [1.54, 1.807) is 41.7 Å². The van der Waals surface area contributed by atoms with Crippen LogP contribution in [0.1, 0.15) is 85.3 Å². The lowest BCUT2D eigenvalue weighted by Gasteiger charge is -2.36. The number of hydrogen-bond donors (Lipinski definition) is 5. The fraction of sp³-hybridized carbons (Fsp3) is 0.639. The monoisotopic (exact) mass is 763 g/mol. The number of alkyl carbamates (subject to hydrolysis) is 1. The van der Waals surface area contributed by atoms with Crippen LogP contribution in [0, 0.1) is 11.3 Å². The van der Waals surface area contributed by atoms with Gasteiger partial charge in [-0.05, 0) is 41.2 Å². The highest BCUT2D eigenvalue weighted by Gasteiger charge is 2.53. The van der Waals surface area contributed by atoms with Gasteiger partial charge in [0.2, 0.25) is 23.5 Å². The van der Waals surface area contributed by atoms with Crippen molar-refractivity contribution in [2.75, 3.05) is 31.2 Å². The zero-order valence-electron chi connectivity index (χ0n) is 30.8. The van der Waals surface area contributed by atoms with Crippen molar-refractivity contribution in [1.82, 2.24) is 26.2 Å². The number of ether oxygens (including phenoxy) is 1. The van der Waals surface area contributed by atoms with Crippen LogP contribution < -0.4 is 21.3 Å². The fourth-order valence-electron chi connectivity index (χ4n) is 5.84. The molecule has 14 nitrogen and oxygen atoms in total. The second kappa shape index (κ2) is 19.3. The molecule has 2 saturated heterocycles. The summed E-state index contributed by atoms with van der Waals surface area (Å²) in [5.74, 6) is -3.46. The lowest BCUT2D eigenvalue weighted by Crippen LogP contribution is -2.59. The molecule has 2 heterocycles. The van der Waals surface area contributed by atoms with Gasteiger partial charge < -0.3 is 36.0 Å². The largest absolute Gasteiger partial charge is 0.479 e. The highest BCUT2D eigenvalue weighted by Crippen LogP contribution is 2.50. The van der Waals surface area contributed by atoms with E-state index in [1.165, 1.54) is 17.0 Å². The Morgan fingerprint density at radius 2 is 1.65 bits per heavy atom. The first-order chi connectivity index (χ1) is 24.5. The first kappa shape index (κ1) is 42.6. The quantitative estimate of drug-likeness (QED) is 0.155. The average molecular weight is 764 g/mol. The van der Waals surface area contributed by atoms with E-state index in [1.807, 2.05) is 41.5 Å². The van der Waals surface area contributed by atoms with Crippen LogP contribution in [0.15, 0.2) is 30.3 Å². The van der Waals surface area contributed by atoms with Gasteiger partial charge in [-0.25, -0.2) is 9.59 Å². The Balaban J connectivity index is 1.77. The number of rotatable bonds is 16. The number of carboxylic acids is 1. The molecule has 3 rings (SSSR count). The minimum atomic E-state index is -1.36. The van der Waals surface area contributed by atoms with Gasteiger partial charge in [0.05, 0.1) is 23.3 Å². The number of hydrogen-bond acceptors (Lipinski definition) is 10. The van der Waals surface area contributed by atoms with E-state index in [0.29, 0.717) is 24.8 Å². The number of carbonyl (C=O) groups excluding carboxylic acids is 6. The van der Waals surface area contributed by atoms with E-state index in [0.717, 1.165) is 17.9 Å². The van der Waals surface area contributed by atoms with Crippen LogP contribution in [0.2, 0.25) is 0 Å². The summed E-state index contributed by atoms with van der Waals surface area (Å²) in [5.41, 5.74) is -0.414. The van der Waals surface area contributed by atoms with Crippen molar-refractivity contribution in [3.8, 4) is 0 Å². The van der Waals surface area contributed by atoms with Gasteiger partial charge in [0.15, 0.2) is 6.04 Å². The molecule has 0 aromatic heterocycles. The number of Topliss-reactive ketones (excluding diaryl/α,β-unsaturated/α-hetero) is 1. The molecule has 52 heavy (non-hydrogen) atoms. The van der Waals surface area contributed by atoms with Crippen LogP contribution in [-0.4, -0.2) is 105 Å². The third-order valence-corrected chi connectivity index (χ3v) is 12.0. The molecule has 0 saturated carbocycles. The molecular weight excluding hydrogens is 711 g/mol. The Bertz CT molecular complexity index is 1450. The number of unbranched alkanes of at least 4 members (excludes halogenated alkanes) is 1. The molecule has 0 radical (unpaired) electrons. The number of amides is 5. The molecule has 5 amide bonds. The van der Waals surface area contributed by atoms with E-state index >= 15 is 0 Å². The fourth-order valence-corrected chi connectivity index (χ4v) is 9.19. The maximum absolute atomic E-state index is 14.3. The van der Waals surface area contributed by atoms with E-state index in [2.05, 4.69) is 21.3 Å². The van der Waals surface area contributed by atoms with Crippen molar-refractivity contribution in [2.24, 2.45) is 11.3 Å². The second-order valence-corrected chi connectivity index (χ2v) is 17.8. The number of ketones is 1. The van der Waals surface area contributed by atoms with E-state index in [-0.39, 0.29) is 25.5 Å². The molecule has 5 N–H and O–H groups in total. The first-order valence-corrected chi connectivity index (χ1v) is 19.7. The van der Waals surface area contributed by atoms with Gasteiger partial charge in [0, 0.05) is 13.0 Å². The van der Waals surface area contributed by atoms with E-state index < -0.39 is 81.7 Å². The molecule has 1 aromatic carbocycles. The standard InChI is InChI=1S/C36H53N5O9S2/c1-7-8-15-24(28(43)31(45)37-19-26(42)39-27(33(47)48)23-13-10-9-11-14-23)38-30(44)25-18-36(51-16-12-17-52-36)21-41(25)32(46)29(35(4,5)6)40-34(49)50-20-22(2)3/h9-11,13-14,22,24-25,27,29H,7-8,12,15-21H2,1-6H3,(H,37,45)(H,38,44)(H,39,42)(H,40,49)(H,47,48). The van der Waals surface area contributed by atoms with Crippen molar-refractivity contribution in [2.45, 2.75) is 102 Å². The van der Waals surface area contributed by atoms with Crippen molar-refractivity contribution in [1.29, 1.82) is 0 Å². The molecule has 2 aliphatic heterocycles. The summed E-state index contributed by atoms with van der Waals surface area (Å²) in [6.45, 7) is 10.9. The summed E-state index contributed by atoms with van der Waals surface area (Å²) in [4.78, 5) is 93.5. The number of aliphatic carboxylic acids is 1. The van der Waals surface area contributed by atoms with Crippen molar-refractivity contribution in [3.05, 3.63) is 35.9 Å². The molecule has 2 aliphatic rings. The number of benzene rings is 1. The van der Waals surface area contributed by atoms with Gasteiger partial charge >= 0.3 is 12.1 Å². The zero-order chi connectivity index (χ0) is 38.6. The number of likely N-dealkylation sites (tertiary alicyclic amines) is 1. The Morgan fingerprint density at radius 1 is 1.00 bits per heavy atom. The van der Waals surface area contributed by atoms with Gasteiger partial charge in [0.1, 0.15) is 12.1 Å². The summed E-state index contributed by atoms with van der Waals surface area (Å²) in [6.07, 6.45) is 1.86. The number of thioether (sulfide) groups is 2. The molecule has 288 valence electrons. The van der Waals surface area contributed by atoms with Crippen molar-refractivity contribution in [3.63, 3.8) is 0 Å². The molecule has 1 aromatic rings. The minimum Gasteiger partial charge on any atom is -0.479 e. The van der Waals surface area contributed by atoms with Crippen LogP contribution in [-0.2, 0) is 33.5 Å². The van der Waals surface area contributed by atoms with Gasteiger partial charge in [0.25, 0.3) is 5.91 Å². The smallest absolute Gasteiger partial charge is 0.407 e. The SMILES string of the molecule is CCCCC(NC(=O)C1CC2(CN1C(=O)C(NC(=O)OCC(C)C)C(C)(C)C)SCCCS2)C(=O)C(=O)NCC(=O)NC(C(=O)O)c1ccccc1. The number of nitrogens with zero attached hydrogens (tertiary/aromatic N) is 1. The predicted molar refractivity (Wildman–Crippen MR) is 199 cm³/mol. The molecule has 0 aliphatic carbocycles. The number of carbonyl (C=O) groups is 7. The summed E-state index contributed by atoms with van der Waals surface area (Å²) in [7, 11) is 0. The molecule has 4 atom stereocenters. The van der Waals surface area contributed by atoms with Gasteiger partial charge in [-0.3, -0.25) is 24.0 Å². The Labute approximate surface area is 314 Å². The topological polar surface area (TPSA) is 200 Å². The lowest BCUT2D eigenvalue weighted by molar-refractivity contribution is -0.144. The first-order valence-electron chi connectivity index (χ1n) is 17.7. The van der Waals surface area contributed by atoms with Crippen LogP contribution in [0.3, 0.4) is 0 Å². The Morgan fingerprint density at radius 3 is 2.23 bits per heavy atom. The third kappa shape index (κ3) is 12.1. The lowest BCUT2D eigenvalue weighted by atomic mass is 9.85. The van der Waals surface area contributed by atoms with Gasteiger partial charge in [-0.1, -0.05) is 84.7 Å². The molecule has 1 spiro atoms. The van der Waals surface area contributed by atoms with E-state index in [9.17, 15) is 38.7 Å². The average Bonchev–Trinajstić information content (AvgIpc) is 3.47. The van der Waals surface area contributed by atoms with Crippen LogP contribution in [0.5, 0.6) is 0 Å². The Hall–Kier alpha value is -3.79. The van der Waals surface area contributed by atoms with Crippen LogP contribution in [0.4, 0.5) is 4.79 Å². The zero-order valence-corrected chi connectivity index (χ0v) is 32.5. The second-order valence-electron chi connectivity index (χ2n) is 14.6. The number of nitrogens with one attached hydrogen (secondary N) is 4. The Kier molecular flexibility index (Phi) is 15.8. The van der Waals surface area contributed by atoms with Crippen LogP contribution in [0.25, 0.3) is 0 Å². The summed E-state index contributed by atoms with van der Waals surface area (Å²) in [6, 6.07) is 3.42. The minimum absolute atomic E-state index is 0.0907.